The molecule has 0 aliphatic rings. The van der Waals surface area contributed by atoms with E-state index in [9.17, 15) is 4.79 Å². The molecule has 0 aliphatic heterocycles. The monoisotopic (exact) mass is 262 g/mol. The Hall–Kier alpha value is -1.46. The number of rotatable bonds is 1. The van der Waals surface area contributed by atoms with Crippen molar-refractivity contribution in [1.82, 2.24) is 0 Å². The molecule has 1 aromatic carbocycles. The highest BCUT2D eigenvalue weighted by Gasteiger charge is 2.03. The van der Waals surface area contributed by atoms with Gasteiger partial charge < -0.3 is 16.8 Å². The molecular weight excluding hydrogens is 251 g/mol. The first kappa shape index (κ1) is 14.5. The molecule has 1 aromatic rings. The summed E-state index contributed by atoms with van der Waals surface area (Å²) in [5.74, 6) is -0.279. The summed E-state index contributed by atoms with van der Waals surface area (Å²) in [6.45, 7) is 1.82. The Bertz CT molecular complexity index is 416. The number of carbonyl (C=O) groups is 1. The summed E-state index contributed by atoms with van der Waals surface area (Å²) < 4.78 is 0. The number of nitrogens with zero attached hydrogens (tertiary/aromatic N) is 1. The third-order valence-corrected chi connectivity index (χ3v) is 1.90. The second kappa shape index (κ2) is 6.19. The Labute approximate surface area is 104 Å². The van der Waals surface area contributed by atoms with E-state index < -0.39 is 6.03 Å². The van der Waals surface area contributed by atoms with Crippen molar-refractivity contribution in [1.29, 1.82) is 0 Å². The smallest absolute Gasteiger partial charge is 0.348 e. The second-order valence-electron chi connectivity index (χ2n) is 2.93. The van der Waals surface area contributed by atoms with Crippen LogP contribution in [0.5, 0.6) is 0 Å². The minimum Gasteiger partial charge on any atom is -0.370 e. The topological polar surface area (TPSA) is 93.5 Å². The quantitative estimate of drug-likeness (QED) is 0.533. The maximum absolute atomic E-state index is 11.2. The number of nitrogens with one attached hydrogen (secondary N) is 1. The maximum Gasteiger partial charge on any atom is 0.348 e. The largest absolute Gasteiger partial charge is 0.370 e. The molecular formula is C9H12Cl2N4O. The second-order valence-corrected chi connectivity index (χ2v) is 3.36. The Morgan fingerprint density at radius 1 is 1.44 bits per heavy atom. The van der Waals surface area contributed by atoms with E-state index in [4.69, 9.17) is 23.1 Å². The Balaban J connectivity index is 0.00000225. The van der Waals surface area contributed by atoms with E-state index >= 15 is 0 Å². The molecule has 0 fully saturated rings. The number of nitrogens with two attached hydrogens (primary N) is 2. The van der Waals surface area contributed by atoms with Gasteiger partial charge in [0.05, 0.1) is 0 Å². The summed E-state index contributed by atoms with van der Waals surface area (Å²) in [4.78, 5) is 14.5. The molecule has 5 nitrogen and oxygen atoms in total. The molecule has 0 aromatic heterocycles. The predicted molar refractivity (Wildman–Crippen MR) is 68.3 cm³/mol. The first-order valence-electron chi connectivity index (χ1n) is 4.16. The highest BCUT2D eigenvalue weighted by atomic mass is 35.5. The van der Waals surface area contributed by atoms with Crippen molar-refractivity contribution in [3.63, 3.8) is 0 Å². The van der Waals surface area contributed by atoms with Crippen molar-refractivity contribution >= 4 is 41.7 Å². The summed E-state index contributed by atoms with van der Waals surface area (Å²) in [7, 11) is 0. The number of hydrogen-bond donors (Lipinski definition) is 3. The number of carbonyl (C=O) groups excluding carboxylic acids is 1. The zero-order chi connectivity index (χ0) is 11.4. The zero-order valence-corrected chi connectivity index (χ0v) is 10.1. The van der Waals surface area contributed by atoms with Crippen LogP contribution in [0.25, 0.3) is 0 Å². The number of benzene rings is 1. The van der Waals surface area contributed by atoms with E-state index in [0.29, 0.717) is 10.7 Å². The number of amides is 2. The number of aliphatic imine (C=N–C) groups is 1. The van der Waals surface area contributed by atoms with Crippen LogP contribution >= 0.6 is 24.0 Å². The van der Waals surface area contributed by atoms with Gasteiger partial charge in [0.1, 0.15) is 0 Å². The lowest BCUT2D eigenvalue weighted by molar-refractivity contribution is 0.259. The van der Waals surface area contributed by atoms with Crippen molar-refractivity contribution in [2.45, 2.75) is 6.92 Å². The fourth-order valence-electron chi connectivity index (χ4n) is 1.03. The standard InChI is InChI=1S/C9H11ClN4O.ClH/c1-5-4-6(10)2-3-7(5)13-9(15)14-8(11)12;/h2-4H,1H3,(H5,11,12,13,14,15);1H. The summed E-state index contributed by atoms with van der Waals surface area (Å²) in [5, 5.41) is 3.13. The van der Waals surface area contributed by atoms with Crippen LogP contribution in [0.3, 0.4) is 0 Å². The summed E-state index contributed by atoms with van der Waals surface area (Å²) >= 11 is 5.76. The average Bonchev–Trinajstić information content (AvgIpc) is 2.08. The zero-order valence-electron chi connectivity index (χ0n) is 8.53. The molecule has 0 saturated heterocycles. The van der Waals surface area contributed by atoms with E-state index in [-0.39, 0.29) is 18.4 Å². The Kier molecular flexibility index (Phi) is 5.63. The van der Waals surface area contributed by atoms with Gasteiger partial charge in [-0.2, -0.15) is 4.99 Å². The Morgan fingerprint density at radius 2 is 2.06 bits per heavy atom. The van der Waals surface area contributed by atoms with Gasteiger partial charge in [-0.15, -0.1) is 12.4 Å². The lowest BCUT2D eigenvalue weighted by atomic mass is 10.2. The molecule has 16 heavy (non-hydrogen) atoms. The first-order valence-corrected chi connectivity index (χ1v) is 4.53. The normalized spacial score (nSPS) is 8.88. The SMILES string of the molecule is Cc1cc(Cl)ccc1NC(=O)N=C(N)N.Cl. The lowest BCUT2D eigenvalue weighted by Crippen LogP contribution is -2.25. The minimum atomic E-state index is -0.611. The van der Waals surface area contributed by atoms with Gasteiger partial charge in [0, 0.05) is 10.7 Å². The first-order chi connectivity index (χ1) is 6.99. The fourth-order valence-corrected chi connectivity index (χ4v) is 1.25. The molecule has 0 radical (unpaired) electrons. The van der Waals surface area contributed by atoms with Crippen LogP contribution in [0, 0.1) is 6.92 Å². The molecule has 0 bridgehead atoms. The van der Waals surface area contributed by atoms with E-state index in [1.54, 1.807) is 18.2 Å². The summed E-state index contributed by atoms with van der Waals surface area (Å²) in [6, 6.07) is 4.46. The van der Waals surface area contributed by atoms with E-state index in [1.165, 1.54) is 0 Å². The van der Waals surface area contributed by atoms with Crippen molar-refractivity contribution in [2.75, 3.05) is 5.32 Å². The van der Waals surface area contributed by atoms with Crippen LogP contribution in [0.1, 0.15) is 5.56 Å². The number of halogens is 2. The number of guanidine groups is 1. The van der Waals surface area contributed by atoms with Crippen LogP contribution in [0.4, 0.5) is 10.5 Å². The Morgan fingerprint density at radius 3 is 2.56 bits per heavy atom. The fraction of sp³-hybridized carbons (Fsp3) is 0.111. The summed E-state index contributed by atoms with van der Waals surface area (Å²) in [5.41, 5.74) is 11.6. The van der Waals surface area contributed by atoms with Crippen LogP contribution in [0.15, 0.2) is 23.2 Å². The van der Waals surface area contributed by atoms with E-state index in [2.05, 4.69) is 10.3 Å². The molecule has 0 unspecified atom stereocenters. The van der Waals surface area contributed by atoms with Crippen molar-refractivity contribution in [3.05, 3.63) is 28.8 Å². The van der Waals surface area contributed by atoms with Crippen LogP contribution < -0.4 is 16.8 Å². The molecule has 0 saturated carbocycles. The molecule has 0 aliphatic carbocycles. The van der Waals surface area contributed by atoms with E-state index in [1.807, 2.05) is 6.92 Å². The highest BCUT2D eigenvalue weighted by molar-refractivity contribution is 6.30. The summed E-state index contributed by atoms with van der Waals surface area (Å²) in [6.07, 6.45) is 0. The van der Waals surface area contributed by atoms with Gasteiger partial charge in [-0.1, -0.05) is 11.6 Å². The minimum absolute atomic E-state index is 0. The van der Waals surface area contributed by atoms with Crippen LogP contribution in [0.2, 0.25) is 5.02 Å². The molecule has 5 N–H and O–H groups in total. The maximum atomic E-state index is 11.2. The predicted octanol–water partition coefficient (Wildman–Crippen LogP) is 1.88. The van der Waals surface area contributed by atoms with Crippen molar-refractivity contribution in [3.8, 4) is 0 Å². The van der Waals surface area contributed by atoms with Gasteiger partial charge in [0.15, 0.2) is 5.96 Å². The molecule has 2 amide bonds. The number of aryl methyl sites for hydroxylation is 1. The molecule has 0 heterocycles. The van der Waals surface area contributed by atoms with Gasteiger partial charge >= 0.3 is 6.03 Å². The average molecular weight is 263 g/mol. The van der Waals surface area contributed by atoms with E-state index in [0.717, 1.165) is 5.56 Å². The number of hydrogen-bond acceptors (Lipinski definition) is 1. The molecule has 7 heteroatoms. The molecule has 0 spiro atoms. The third-order valence-electron chi connectivity index (χ3n) is 1.66. The van der Waals surface area contributed by atoms with Gasteiger partial charge in [-0.3, -0.25) is 0 Å². The van der Waals surface area contributed by atoms with Gasteiger partial charge in [0.25, 0.3) is 0 Å². The number of urea groups is 1. The molecule has 0 atom stereocenters. The third kappa shape index (κ3) is 4.37. The lowest BCUT2D eigenvalue weighted by Gasteiger charge is -2.05. The van der Waals surface area contributed by atoms with Gasteiger partial charge in [-0.05, 0) is 30.7 Å². The molecule has 1 rings (SSSR count). The van der Waals surface area contributed by atoms with Gasteiger partial charge in [-0.25, -0.2) is 4.79 Å². The van der Waals surface area contributed by atoms with Gasteiger partial charge in [0.2, 0.25) is 0 Å². The molecule has 88 valence electrons. The van der Waals surface area contributed by atoms with Crippen LogP contribution in [-0.2, 0) is 0 Å². The van der Waals surface area contributed by atoms with Crippen molar-refractivity contribution < 1.29 is 4.79 Å². The van der Waals surface area contributed by atoms with Crippen LogP contribution in [-0.4, -0.2) is 12.0 Å². The highest BCUT2D eigenvalue weighted by Crippen LogP contribution is 2.19. The van der Waals surface area contributed by atoms with Crippen molar-refractivity contribution in [2.24, 2.45) is 16.5 Å². The number of anilines is 1.